The van der Waals surface area contributed by atoms with Gasteiger partial charge in [-0.05, 0) is 40.0 Å². The van der Waals surface area contributed by atoms with Gasteiger partial charge in [0.05, 0.1) is 18.8 Å². The summed E-state index contributed by atoms with van der Waals surface area (Å²) < 4.78 is 46.8. The molecule has 0 bridgehead atoms. The van der Waals surface area contributed by atoms with Gasteiger partial charge >= 0.3 is 6.18 Å². The lowest BCUT2D eigenvalue weighted by Crippen LogP contribution is -2.41. The molecule has 0 spiro atoms. The fourth-order valence-corrected chi connectivity index (χ4v) is 2.06. The number of ether oxygens (including phenoxy) is 2. The molecule has 120 valence electrons. The summed E-state index contributed by atoms with van der Waals surface area (Å²) >= 11 is 0. The van der Waals surface area contributed by atoms with E-state index in [1.165, 1.54) is 0 Å². The largest absolute Gasteiger partial charge is 0.389 e. The molecule has 1 rings (SSSR count). The molecule has 1 aliphatic rings. The van der Waals surface area contributed by atoms with Crippen LogP contribution in [0.1, 0.15) is 46.5 Å². The van der Waals surface area contributed by atoms with Gasteiger partial charge in [0, 0.05) is 25.1 Å². The maximum atomic E-state index is 11.9. The lowest BCUT2D eigenvalue weighted by Gasteiger charge is -2.23. The lowest BCUT2D eigenvalue weighted by molar-refractivity contribution is -0.138. The van der Waals surface area contributed by atoms with E-state index >= 15 is 0 Å². The average Bonchev–Trinajstić information content (AvgIpc) is 2.71. The first-order valence-electron chi connectivity index (χ1n) is 7.21. The molecular weight excluding hydrogens is 271 g/mol. The molecule has 1 fully saturated rings. The van der Waals surface area contributed by atoms with E-state index in [1.54, 1.807) is 0 Å². The smallest absolute Gasteiger partial charge is 0.379 e. The molecule has 0 saturated carbocycles. The second-order valence-corrected chi connectivity index (χ2v) is 6.38. The fourth-order valence-electron chi connectivity index (χ4n) is 2.06. The Hall–Kier alpha value is -0.330. The molecule has 0 aromatic heterocycles. The third-order valence-electron chi connectivity index (χ3n) is 3.11. The molecule has 2 atom stereocenters. The minimum absolute atomic E-state index is 0.0191. The van der Waals surface area contributed by atoms with Crippen molar-refractivity contribution in [3.05, 3.63) is 0 Å². The van der Waals surface area contributed by atoms with Gasteiger partial charge in [0.1, 0.15) is 0 Å². The molecule has 1 N–H and O–H groups in total. The third-order valence-corrected chi connectivity index (χ3v) is 3.11. The number of halogens is 3. The average molecular weight is 297 g/mol. The fraction of sp³-hybridized carbons (Fsp3) is 1.00. The highest BCUT2D eigenvalue weighted by molar-refractivity contribution is 4.79. The van der Waals surface area contributed by atoms with E-state index in [4.69, 9.17) is 9.47 Å². The van der Waals surface area contributed by atoms with Gasteiger partial charge in [-0.15, -0.1) is 0 Å². The number of rotatable bonds is 7. The van der Waals surface area contributed by atoms with Gasteiger partial charge in [0.25, 0.3) is 0 Å². The Morgan fingerprint density at radius 1 is 1.15 bits per heavy atom. The van der Waals surface area contributed by atoms with Crippen molar-refractivity contribution in [2.75, 3.05) is 19.8 Å². The lowest BCUT2D eigenvalue weighted by atomic mass is 10.1. The third kappa shape index (κ3) is 8.76. The van der Waals surface area contributed by atoms with Crippen LogP contribution in [0.4, 0.5) is 13.2 Å². The van der Waals surface area contributed by atoms with Crippen LogP contribution >= 0.6 is 0 Å². The topological polar surface area (TPSA) is 30.5 Å². The van der Waals surface area contributed by atoms with Crippen molar-refractivity contribution in [2.45, 2.75) is 70.4 Å². The van der Waals surface area contributed by atoms with E-state index < -0.39 is 12.6 Å². The summed E-state index contributed by atoms with van der Waals surface area (Å²) in [7, 11) is 0. The minimum Gasteiger partial charge on any atom is -0.379 e. The Balaban J connectivity index is 2.04. The second-order valence-electron chi connectivity index (χ2n) is 6.38. The summed E-state index contributed by atoms with van der Waals surface area (Å²) in [5.74, 6) is 0. The highest BCUT2D eigenvalue weighted by Gasteiger charge is 2.27. The monoisotopic (exact) mass is 297 g/mol. The molecule has 0 amide bonds. The van der Waals surface area contributed by atoms with Gasteiger partial charge in [-0.25, -0.2) is 0 Å². The van der Waals surface area contributed by atoms with Crippen LogP contribution in [0, 0.1) is 0 Å². The quantitative estimate of drug-likeness (QED) is 0.732. The highest BCUT2D eigenvalue weighted by Crippen LogP contribution is 2.22. The van der Waals surface area contributed by atoms with Gasteiger partial charge in [-0.2, -0.15) is 13.2 Å². The molecule has 3 nitrogen and oxygen atoms in total. The van der Waals surface area contributed by atoms with Crippen molar-refractivity contribution < 1.29 is 22.6 Å². The summed E-state index contributed by atoms with van der Waals surface area (Å²) in [5, 5.41) is 3.39. The molecule has 2 unspecified atom stereocenters. The molecule has 6 heteroatoms. The van der Waals surface area contributed by atoms with Crippen LogP contribution in [0.3, 0.4) is 0 Å². The van der Waals surface area contributed by atoms with Crippen LogP contribution in [0.15, 0.2) is 0 Å². The minimum atomic E-state index is -4.09. The van der Waals surface area contributed by atoms with Crippen molar-refractivity contribution in [1.82, 2.24) is 5.32 Å². The number of nitrogens with one attached hydrogen (secondary N) is 1. The van der Waals surface area contributed by atoms with Crippen LogP contribution in [-0.2, 0) is 9.47 Å². The molecule has 20 heavy (non-hydrogen) atoms. The SMILES string of the molecule is CC(C)(C)NCC1CCC(COCCCC(F)(F)F)O1. The summed E-state index contributed by atoms with van der Waals surface area (Å²) in [6.45, 7) is 7.64. The normalized spacial score (nSPS) is 24.3. The molecule has 1 heterocycles. The number of hydrogen-bond acceptors (Lipinski definition) is 3. The van der Waals surface area contributed by atoms with E-state index in [-0.39, 0.29) is 30.8 Å². The van der Waals surface area contributed by atoms with Gasteiger partial charge in [0.15, 0.2) is 0 Å². The first kappa shape index (κ1) is 17.7. The van der Waals surface area contributed by atoms with Crippen LogP contribution in [0.25, 0.3) is 0 Å². The summed E-state index contributed by atoms with van der Waals surface area (Å²) in [6, 6.07) is 0. The summed E-state index contributed by atoms with van der Waals surface area (Å²) in [4.78, 5) is 0. The van der Waals surface area contributed by atoms with Crippen LogP contribution in [0.2, 0.25) is 0 Å². The molecule has 1 saturated heterocycles. The predicted octanol–water partition coefficient (Wildman–Crippen LogP) is 3.28. The zero-order valence-corrected chi connectivity index (χ0v) is 12.6. The summed E-state index contributed by atoms with van der Waals surface area (Å²) in [5.41, 5.74) is 0.0650. The Labute approximate surface area is 119 Å². The van der Waals surface area contributed by atoms with Gasteiger partial charge in [-0.1, -0.05) is 0 Å². The van der Waals surface area contributed by atoms with Crippen molar-refractivity contribution in [3.8, 4) is 0 Å². The van der Waals surface area contributed by atoms with E-state index in [1.807, 2.05) is 0 Å². The second kappa shape index (κ2) is 7.61. The van der Waals surface area contributed by atoms with Crippen LogP contribution in [0.5, 0.6) is 0 Å². The first-order valence-corrected chi connectivity index (χ1v) is 7.21. The van der Waals surface area contributed by atoms with E-state index in [0.717, 1.165) is 19.4 Å². The maximum Gasteiger partial charge on any atom is 0.389 e. The zero-order chi connectivity index (χ0) is 15.2. The standard InChI is InChI=1S/C14H26F3NO2/c1-13(2,3)18-9-11-5-6-12(20-11)10-19-8-4-7-14(15,16)17/h11-12,18H,4-10H2,1-3H3. The Bertz CT molecular complexity index is 277. The molecule has 0 aliphatic carbocycles. The Kier molecular flexibility index (Phi) is 6.75. The highest BCUT2D eigenvalue weighted by atomic mass is 19.4. The number of hydrogen-bond donors (Lipinski definition) is 1. The molecular formula is C14H26F3NO2. The first-order chi connectivity index (χ1) is 9.16. The molecule has 1 aliphatic heterocycles. The molecule has 0 radical (unpaired) electrons. The molecule has 0 aromatic rings. The zero-order valence-electron chi connectivity index (χ0n) is 12.6. The van der Waals surface area contributed by atoms with E-state index in [0.29, 0.717) is 6.61 Å². The van der Waals surface area contributed by atoms with Crippen LogP contribution < -0.4 is 5.32 Å². The van der Waals surface area contributed by atoms with Crippen molar-refractivity contribution in [2.24, 2.45) is 0 Å². The Morgan fingerprint density at radius 2 is 1.80 bits per heavy atom. The van der Waals surface area contributed by atoms with Crippen LogP contribution in [-0.4, -0.2) is 43.7 Å². The van der Waals surface area contributed by atoms with Crippen molar-refractivity contribution in [1.29, 1.82) is 0 Å². The van der Waals surface area contributed by atoms with E-state index in [2.05, 4.69) is 26.1 Å². The molecule has 0 aromatic carbocycles. The van der Waals surface area contributed by atoms with Crippen molar-refractivity contribution >= 4 is 0 Å². The van der Waals surface area contributed by atoms with Gasteiger partial charge in [-0.3, -0.25) is 0 Å². The maximum absolute atomic E-state index is 11.9. The predicted molar refractivity (Wildman–Crippen MR) is 71.8 cm³/mol. The van der Waals surface area contributed by atoms with Gasteiger partial charge < -0.3 is 14.8 Å². The van der Waals surface area contributed by atoms with Crippen molar-refractivity contribution in [3.63, 3.8) is 0 Å². The summed E-state index contributed by atoms with van der Waals surface area (Å²) in [6.07, 6.45) is -2.76. The number of alkyl halides is 3. The van der Waals surface area contributed by atoms with Gasteiger partial charge in [0.2, 0.25) is 0 Å². The van der Waals surface area contributed by atoms with E-state index in [9.17, 15) is 13.2 Å². The Morgan fingerprint density at radius 3 is 2.40 bits per heavy atom.